The molecule has 26 heavy (non-hydrogen) atoms. The smallest absolute Gasteiger partial charge is 0.333 e. The first-order valence-electron chi connectivity index (χ1n) is 7.56. The highest BCUT2D eigenvalue weighted by molar-refractivity contribution is 6.04. The Morgan fingerprint density at radius 2 is 1.81 bits per heavy atom. The predicted molar refractivity (Wildman–Crippen MR) is 93.6 cm³/mol. The standard InChI is InChI=1S/C18H14FN3O4/c1-26-15-5-3-2-4-14(15)21-16(23)13-10-20-18(25)22(17(13)24)12-8-6-11(19)7-9-12/h2-10H,1H3,(H,20,25)(H,21,23). The summed E-state index contributed by atoms with van der Waals surface area (Å²) in [5, 5.41) is 2.57. The molecule has 1 aromatic heterocycles. The minimum Gasteiger partial charge on any atom is -0.495 e. The van der Waals surface area contributed by atoms with E-state index in [0.29, 0.717) is 11.4 Å². The third-order valence-electron chi connectivity index (χ3n) is 3.66. The number of carbonyl (C=O) groups excluding carboxylic acids is 1. The molecule has 7 nitrogen and oxygen atoms in total. The van der Waals surface area contributed by atoms with Crippen molar-refractivity contribution in [3.63, 3.8) is 0 Å². The van der Waals surface area contributed by atoms with Gasteiger partial charge >= 0.3 is 5.69 Å². The zero-order valence-electron chi connectivity index (χ0n) is 13.7. The highest BCUT2D eigenvalue weighted by Crippen LogP contribution is 2.23. The van der Waals surface area contributed by atoms with E-state index < -0.39 is 23.0 Å². The van der Waals surface area contributed by atoms with Crippen molar-refractivity contribution in [1.82, 2.24) is 9.55 Å². The van der Waals surface area contributed by atoms with E-state index in [-0.39, 0.29) is 11.3 Å². The molecule has 0 saturated carbocycles. The number of amides is 1. The lowest BCUT2D eigenvalue weighted by Crippen LogP contribution is -2.38. The van der Waals surface area contributed by atoms with E-state index in [4.69, 9.17) is 4.74 Å². The molecule has 3 rings (SSSR count). The van der Waals surface area contributed by atoms with Gasteiger partial charge in [0.25, 0.3) is 11.5 Å². The zero-order chi connectivity index (χ0) is 18.7. The van der Waals surface area contributed by atoms with Crippen molar-refractivity contribution in [2.75, 3.05) is 12.4 Å². The van der Waals surface area contributed by atoms with E-state index in [1.807, 2.05) is 0 Å². The Bertz CT molecular complexity index is 1070. The van der Waals surface area contributed by atoms with Gasteiger partial charge in [-0.3, -0.25) is 9.59 Å². The summed E-state index contributed by atoms with van der Waals surface area (Å²) >= 11 is 0. The van der Waals surface area contributed by atoms with Gasteiger partial charge in [-0.05, 0) is 36.4 Å². The van der Waals surface area contributed by atoms with Crippen LogP contribution in [0, 0.1) is 5.82 Å². The molecule has 0 bridgehead atoms. The maximum atomic E-state index is 13.1. The molecule has 0 spiro atoms. The number of nitrogens with one attached hydrogen (secondary N) is 2. The molecule has 0 saturated heterocycles. The fourth-order valence-corrected chi connectivity index (χ4v) is 2.40. The number of methoxy groups -OCH3 is 1. The van der Waals surface area contributed by atoms with Crippen LogP contribution in [-0.2, 0) is 0 Å². The molecular weight excluding hydrogens is 341 g/mol. The van der Waals surface area contributed by atoms with Crippen molar-refractivity contribution in [1.29, 1.82) is 0 Å². The van der Waals surface area contributed by atoms with Gasteiger partial charge < -0.3 is 15.0 Å². The second kappa shape index (κ2) is 7.06. The quantitative estimate of drug-likeness (QED) is 0.748. The molecule has 0 radical (unpaired) electrons. The van der Waals surface area contributed by atoms with E-state index in [2.05, 4.69) is 10.3 Å². The summed E-state index contributed by atoms with van der Waals surface area (Å²) in [6.45, 7) is 0. The number of aromatic amines is 1. The molecule has 3 aromatic rings. The fraction of sp³-hybridized carbons (Fsp3) is 0.0556. The monoisotopic (exact) mass is 355 g/mol. The lowest BCUT2D eigenvalue weighted by Gasteiger charge is -2.10. The Labute approximate surface area is 146 Å². The molecule has 1 heterocycles. The number of anilines is 1. The number of H-pyrrole nitrogens is 1. The Morgan fingerprint density at radius 1 is 1.12 bits per heavy atom. The topological polar surface area (TPSA) is 93.2 Å². The number of halogens is 1. The average molecular weight is 355 g/mol. The van der Waals surface area contributed by atoms with E-state index in [9.17, 15) is 18.8 Å². The minimum absolute atomic E-state index is 0.143. The summed E-state index contributed by atoms with van der Waals surface area (Å²) in [6, 6.07) is 11.5. The van der Waals surface area contributed by atoms with Gasteiger partial charge in [-0.25, -0.2) is 13.8 Å². The molecule has 2 aromatic carbocycles. The molecule has 1 amide bonds. The number of aromatic nitrogens is 2. The van der Waals surface area contributed by atoms with E-state index in [0.717, 1.165) is 22.9 Å². The Hall–Kier alpha value is -3.68. The molecule has 2 N–H and O–H groups in total. The average Bonchev–Trinajstić information content (AvgIpc) is 2.63. The van der Waals surface area contributed by atoms with Crippen molar-refractivity contribution in [2.24, 2.45) is 0 Å². The number of ether oxygens (including phenoxy) is 1. The highest BCUT2D eigenvalue weighted by Gasteiger charge is 2.17. The van der Waals surface area contributed by atoms with Crippen LogP contribution in [0.1, 0.15) is 10.4 Å². The Balaban J connectivity index is 2.02. The molecule has 132 valence electrons. The van der Waals surface area contributed by atoms with E-state index in [1.165, 1.54) is 19.2 Å². The maximum Gasteiger partial charge on any atom is 0.333 e. The minimum atomic E-state index is -0.826. The molecule has 0 atom stereocenters. The van der Waals surface area contributed by atoms with Gasteiger partial charge in [0.1, 0.15) is 17.1 Å². The summed E-state index contributed by atoms with van der Waals surface area (Å²) in [5.74, 6) is -0.806. The van der Waals surface area contributed by atoms with Crippen molar-refractivity contribution in [3.05, 3.63) is 86.9 Å². The van der Waals surface area contributed by atoms with Crippen LogP contribution in [0.3, 0.4) is 0 Å². The number of hydrogen-bond donors (Lipinski definition) is 2. The second-order valence-electron chi connectivity index (χ2n) is 5.28. The van der Waals surface area contributed by atoms with E-state index >= 15 is 0 Å². The van der Waals surface area contributed by atoms with Crippen LogP contribution in [-0.4, -0.2) is 22.6 Å². The van der Waals surface area contributed by atoms with Crippen molar-refractivity contribution < 1.29 is 13.9 Å². The van der Waals surface area contributed by atoms with E-state index in [1.54, 1.807) is 24.3 Å². The van der Waals surface area contributed by atoms with Gasteiger partial charge in [0.2, 0.25) is 0 Å². The largest absolute Gasteiger partial charge is 0.495 e. The van der Waals surface area contributed by atoms with Crippen molar-refractivity contribution in [2.45, 2.75) is 0 Å². The Morgan fingerprint density at radius 3 is 2.50 bits per heavy atom. The summed E-state index contributed by atoms with van der Waals surface area (Å²) in [7, 11) is 1.45. The van der Waals surface area contributed by atoms with Crippen LogP contribution in [0.4, 0.5) is 10.1 Å². The van der Waals surface area contributed by atoms with Crippen LogP contribution < -0.4 is 21.3 Å². The first-order valence-corrected chi connectivity index (χ1v) is 7.56. The Kier molecular flexibility index (Phi) is 4.66. The molecular formula is C18H14FN3O4. The summed E-state index contributed by atoms with van der Waals surface area (Å²) in [6.07, 6.45) is 1.04. The van der Waals surface area contributed by atoms with Crippen LogP contribution in [0.25, 0.3) is 5.69 Å². The summed E-state index contributed by atoms with van der Waals surface area (Å²) in [5.41, 5.74) is -1.33. The number of para-hydroxylation sites is 2. The van der Waals surface area contributed by atoms with Crippen molar-refractivity contribution in [3.8, 4) is 11.4 Å². The van der Waals surface area contributed by atoms with Crippen LogP contribution in [0.2, 0.25) is 0 Å². The fourth-order valence-electron chi connectivity index (χ4n) is 2.40. The zero-order valence-corrected chi connectivity index (χ0v) is 13.7. The molecule has 0 unspecified atom stereocenters. The first-order chi connectivity index (χ1) is 12.5. The third-order valence-corrected chi connectivity index (χ3v) is 3.66. The van der Waals surface area contributed by atoms with Gasteiger partial charge in [-0.15, -0.1) is 0 Å². The predicted octanol–water partition coefficient (Wildman–Crippen LogP) is 1.93. The normalized spacial score (nSPS) is 10.4. The van der Waals surface area contributed by atoms with Crippen LogP contribution >= 0.6 is 0 Å². The third kappa shape index (κ3) is 3.25. The number of rotatable bonds is 4. The molecule has 0 fully saturated rings. The molecule has 8 heteroatoms. The lowest BCUT2D eigenvalue weighted by atomic mass is 10.2. The first kappa shape index (κ1) is 17.2. The van der Waals surface area contributed by atoms with Crippen LogP contribution in [0.15, 0.2) is 64.3 Å². The van der Waals surface area contributed by atoms with Gasteiger partial charge in [-0.1, -0.05) is 12.1 Å². The lowest BCUT2D eigenvalue weighted by molar-refractivity contribution is 0.102. The highest BCUT2D eigenvalue weighted by atomic mass is 19.1. The number of carbonyl (C=O) groups is 1. The number of hydrogen-bond acceptors (Lipinski definition) is 4. The van der Waals surface area contributed by atoms with Gasteiger partial charge in [0, 0.05) is 6.20 Å². The van der Waals surface area contributed by atoms with Gasteiger partial charge in [-0.2, -0.15) is 0 Å². The SMILES string of the molecule is COc1ccccc1NC(=O)c1c[nH]c(=O)n(-c2ccc(F)cc2)c1=O. The summed E-state index contributed by atoms with van der Waals surface area (Å²) < 4.78 is 19.0. The number of benzene rings is 2. The van der Waals surface area contributed by atoms with Gasteiger partial charge in [0.05, 0.1) is 18.5 Å². The van der Waals surface area contributed by atoms with Gasteiger partial charge in [0.15, 0.2) is 0 Å². The molecule has 0 aliphatic heterocycles. The molecule has 0 aliphatic carbocycles. The summed E-state index contributed by atoms with van der Waals surface area (Å²) in [4.78, 5) is 39.5. The second-order valence-corrected chi connectivity index (χ2v) is 5.28. The van der Waals surface area contributed by atoms with Crippen LogP contribution in [0.5, 0.6) is 5.75 Å². The van der Waals surface area contributed by atoms with Crippen molar-refractivity contribution >= 4 is 11.6 Å². The molecule has 0 aliphatic rings. The maximum absolute atomic E-state index is 13.1. The number of nitrogens with zero attached hydrogens (tertiary/aromatic N) is 1.